The molecule has 0 bridgehead atoms. The number of aryl methyl sites for hydroxylation is 1. The Labute approximate surface area is 114 Å². The molecule has 0 unspecified atom stereocenters. The molecule has 2 aromatic rings. The van der Waals surface area contributed by atoms with Crippen molar-refractivity contribution in [2.45, 2.75) is 0 Å². The van der Waals surface area contributed by atoms with Crippen molar-refractivity contribution < 1.29 is 14.5 Å². The van der Waals surface area contributed by atoms with Crippen molar-refractivity contribution in [1.29, 1.82) is 0 Å². The van der Waals surface area contributed by atoms with E-state index in [1.54, 1.807) is 13.1 Å². The van der Waals surface area contributed by atoms with Crippen LogP contribution in [-0.4, -0.2) is 27.7 Å². The summed E-state index contributed by atoms with van der Waals surface area (Å²) >= 11 is 0. The van der Waals surface area contributed by atoms with Crippen LogP contribution in [0.2, 0.25) is 0 Å². The summed E-state index contributed by atoms with van der Waals surface area (Å²) in [7, 11) is 3.02. The Morgan fingerprint density at radius 3 is 2.75 bits per heavy atom. The van der Waals surface area contributed by atoms with Crippen LogP contribution in [0.15, 0.2) is 30.5 Å². The van der Waals surface area contributed by atoms with Gasteiger partial charge in [-0.3, -0.25) is 19.6 Å². The molecule has 0 aliphatic rings. The number of nitro groups is 1. The van der Waals surface area contributed by atoms with Gasteiger partial charge in [0.05, 0.1) is 23.8 Å². The fourth-order valence-corrected chi connectivity index (χ4v) is 1.67. The summed E-state index contributed by atoms with van der Waals surface area (Å²) in [6.07, 6.45) is 1.49. The Kier molecular flexibility index (Phi) is 3.65. The molecular weight excluding hydrogens is 264 g/mol. The lowest BCUT2D eigenvalue weighted by Gasteiger charge is -2.07. The fraction of sp³-hybridized carbons (Fsp3) is 0.167. The first kappa shape index (κ1) is 13.5. The van der Waals surface area contributed by atoms with Crippen LogP contribution in [-0.2, 0) is 7.05 Å². The summed E-state index contributed by atoms with van der Waals surface area (Å²) in [4.78, 5) is 22.3. The van der Waals surface area contributed by atoms with Gasteiger partial charge in [0.1, 0.15) is 11.4 Å². The smallest absolute Gasteiger partial charge is 0.275 e. The van der Waals surface area contributed by atoms with Gasteiger partial charge in [-0.25, -0.2) is 0 Å². The summed E-state index contributed by atoms with van der Waals surface area (Å²) in [5.74, 6) is -0.118. The fourth-order valence-electron chi connectivity index (χ4n) is 1.67. The molecule has 8 nitrogen and oxygen atoms in total. The molecule has 0 radical (unpaired) electrons. The van der Waals surface area contributed by atoms with E-state index in [0.717, 1.165) is 0 Å². The van der Waals surface area contributed by atoms with E-state index in [-0.39, 0.29) is 11.4 Å². The highest BCUT2D eigenvalue weighted by Crippen LogP contribution is 2.26. The maximum absolute atomic E-state index is 12.0. The van der Waals surface area contributed by atoms with Gasteiger partial charge < -0.3 is 10.1 Å². The Morgan fingerprint density at radius 1 is 1.45 bits per heavy atom. The average molecular weight is 276 g/mol. The van der Waals surface area contributed by atoms with Gasteiger partial charge in [-0.2, -0.15) is 5.10 Å². The number of ether oxygens (including phenoxy) is 1. The topological polar surface area (TPSA) is 99.3 Å². The van der Waals surface area contributed by atoms with Gasteiger partial charge in [0.15, 0.2) is 0 Å². The predicted octanol–water partition coefficient (Wildman–Crippen LogP) is 1.59. The highest BCUT2D eigenvalue weighted by atomic mass is 16.6. The maximum atomic E-state index is 12.0. The van der Waals surface area contributed by atoms with Crippen molar-refractivity contribution in [3.05, 3.63) is 46.3 Å². The van der Waals surface area contributed by atoms with E-state index in [1.807, 2.05) is 0 Å². The van der Waals surface area contributed by atoms with Gasteiger partial charge in [0.2, 0.25) is 0 Å². The molecule has 20 heavy (non-hydrogen) atoms. The molecule has 104 valence electrons. The van der Waals surface area contributed by atoms with Crippen molar-refractivity contribution in [1.82, 2.24) is 9.78 Å². The average Bonchev–Trinajstić information content (AvgIpc) is 2.84. The number of amides is 1. The lowest BCUT2D eigenvalue weighted by molar-refractivity contribution is -0.384. The number of hydrogen-bond donors (Lipinski definition) is 1. The molecule has 2 rings (SSSR count). The van der Waals surface area contributed by atoms with E-state index in [1.165, 1.54) is 36.2 Å². The lowest BCUT2D eigenvalue weighted by atomic mass is 10.2. The Bertz CT molecular complexity index is 665. The zero-order valence-corrected chi connectivity index (χ0v) is 10.9. The van der Waals surface area contributed by atoms with E-state index in [9.17, 15) is 14.9 Å². The van der Waals surface area contributed by atoms with Gasteiger partial charge in [0.25, 0.3) is 11.6 Å². The van der Waals surface area contributed by atoms with E-state index in [4.69, 9.17) is 4.74 Å². The van der Waals surface area contributed by atoms with Crippen LogP contribution < -0.4 is 10.1 Å². The number of methoxy groups -OCH3 is 1. The van der Waals surface area contributed by atoms with Crippen LogP contribution in [0, 0.1) is 10.1 Å². The number of nitrogens with one attached hydrogen (secondary N) is 1. The Morgan fingerprint density at radius 2 is 2.20 bits per heavy atom. The number of non-ortho nitro benzene ring substituents is 1. The molecule has 0 spiro atoms. The normalized spacial score (nSPS) is 10.1. The number of carbonyl (C=O) groups is 1. The number of anilines is 1. The summed E-state index contributed by atoms with van der Waals surface area (Å²) in [6.45, 7) is 0. The molecule has 1 amide bonds. The number of rotatable bonds is 4. The molecule has 1 aromatic carbocycles. The third-order valence-electron chi connectivity index (χ3n) is 2.65. The molecule has 1 N–H and O–H groups in total. The molecule has 0 aliphatic heterocycles. The highest BCUT2D eigenvalue weighted by Gasteiger charge is 2.14. The highest BCUT2D eigenvalue weighted by molar-refractivity contribution is 6.03. The first-order valence-corrected chi connectivity index (χ1v) is 5.64. The Hall–Kier alpha value is -2.90. The first-order chi connectivity index (χ1) is 9.51. The van der Waals surface area contributed by atoms with Crippen LogP contribution in [0.5, 0.6) is 5.75 Å². The number of benzene rings is 1. The predicted molar refractivity (Wildman–Crippen MR) is 70.8 cm³/mol. The molecule has 0 saturated heterocycles. The SMILES string of the molecule is COc1cc(NC(=O)c2ccnn2C)cc([N+](=O)[O-])c1. The monoisotopic (exact) mass is 276 g/mol. The van der Waals surface area contributed by atoms with Crippen LogP contribution in [0.4, 0.5) is 11.4 Å². The second kappa shape index (κ2) is 5.39. The van der Waals surface area contributed by atoms with Crippen molar-refractivity contribution >= 4 is 17.3 Å². The van der Waals surface area contributed by atoms with Crippen LogP contribution in [0.3, 0.4) is 0 Å². The minimum absolute atomic E-state index is 0.162. The summed E-state index contributed by atoms with van der Waals surface area (Å²) < 4.78 is 6.38. The van der Waals surface area contributed by atoms with E-state index >= 15 is 0 Å². The summed E-state index contributed by atoms with van der Waals surface area (Å²) in [5.41, 5.74) is 0.461. The third kappa shape index (κ3) is 2.74. The second-order valence-corrected chi connectivity index (χ2v) is 3.97. The van der Waals surface area contributed by atoms with Gasteiger partial charge in [-0.05, 0) is 6.07 Å². The van der Waals surface area contributed by atoms with Crippen molar-refractivity contribution in [3.63, 3.8) is 0 Å². The number of nitro benzene ring substituents is 1. The number of hydrogen-bond acceptors (Lipinski definition) is 5. The van der Waals surface area contributed by atoms with Crippen molar-refractivity contribution in [3.8, 4) is 5.75 Å². The first-order valence-electron chi connectivity index (χ1n) is 5.64. The summed E-state index contributed by atoms with van der Waals surface area (Å²) in [6, 6.07) is 5.59. The lowest BCUT2D eigenvalue weighted by Crippen LogP contribution is -2.16. The quantitative estimate of drug-likeness (QED) is 0.675. The van der Waals surface area contributed by atoms with Gasteiger partial charge >= 0.3 is 0 Å². The molecule has 0 atom stereocenters. The van der Waals surface area contributed by atoms with E-state index in [0.29, 0.717) is 11.4 Å². The second-order valence-electron chi connectivity index (χ2n) is 3.97. The van der Waals surface area contributed by atoms with Crippen LogP contribution in [0.25, 0.3) is 0 Å². The maximum Gasteiger partial charge on any atom is 0.275 e. The zero-order chi connectivity index (χ0) is 14.7. The molecular formula is C12H12N4O4. The minimum Gasteiger partial charge on any atom is -0.496 e. The number of nitrogens with zero attached hydrogens (tertiary/aromatic N) is 3. The molecule has 1 heterocycles. The largest absolute Gasteiger partial charge is 0.496 e. The van der Waals surface area contributed by atoms with Crippen molar-refractivity contribution in [2.24, 2.45) is 7.05 Å². The molecule has 8 heteroatoms. The number of carbonyl (C=O) groups excluding carboxylic acids is 1. The molecule has 0 saturated carbocycles. The van der Waals surface area contributed by atoms with E-state index < -0.39 is 10.8 Å². The molecule has 0 fully saturated rings. The van der Waals surface area contributed by atoms with Gasteiger partial charge in [-0.15, -0.1) is 0 Å². The van der Waals surface area contributed by atoms with E-state index in [2.05, 4.69) is 10.4 Å². The van der Waals surface area contributed by atoms with Crippen molar-refractivity contribution in [2.75, 3.05) is 12.4 Å². The summed E-state index contributed by atoms with van der Waals surface area (Å²) in [5, 5.41) is 17.3. The number of aromatic nitrogens is 2. The third-order valence-corrected chi connectivity index (χ3v) is 2.65. The van der Waals surface area contributed by atoms with Gasteiger partial charge in [-0.1, -0.05) is 0 Å². The zero-order valence-electron chi connectivity index (χ0n) is 10.9. The molecule has 0 aliphatic carbocycles. The minimum atomic E-state index is -0.553. The molecule has 1 aromatic heterocycles. The van der Waals surface area contributed by atoms with Crippen LogP contribution >= 0.6 is 0 Å². The Balaban J connectivity index is 2.29. The van der Waals surface area contributed by atoms with Gasteiger partial charge in [0, 0.05) is 25.4 Å². The standard InChI is InChI=1S/C12H12N4O4/c1-15-11(3-4-13-15)12(17)14-8-5-9(16(18)19)7-10(6-8)20-2/h3-7H,1-2H3,(H,14,17). The van der Waals surface area contributed by atoms with Crippen LogP contribution in [0.1, 0.15) is 10.5 Å².